The summed E-state index contributed by atoms with van der Waals surface area (Å²) < 4.78 is 118. The lowest BCUT2D eigenvalue weighted by molar-refractivity contribution is -0.407. The molecule has 0 saturated carbocycles. The van der Waals surface area contributed by atoms with Gasteiger partial charge in [0.15, 0.2) is 0 Å². The number of alkyl halides is 9. The van der Waals surface area contributed by atoms with Crippen molar-refractivity contribution in [2.24, 2.45) is 5.41 Å². The van der Waals surface area contributed by atoms with Gasteiger partial charge in [-0.25, -0.2) is 4.39 Å². The van der Waals surface area contributed by atoms with E-state index < -0.39 is 36.3 Å². The second-order valence-corrected chi connectivity index (χ2v) is 2.59. The molecule has 0 N–H and O–H groups in total. The Labute approximate surface area is 81.5 Å². The maximum Gasteiger partial charge on any atom is 0.415 e. The largest absolute Gasteiger partial charge is 0.415 e. The summed E-state index contributed by atoms with van der Waals surface area (Å²) in [6, 6.07) is 0. The Bertz CT molecular complexity index is 226. The quantitative estimate of drug-likeness (QED) is 0.624. The highest BCUT2D eigenvalue weighted by Gasteiger charge is 2.82. The van der Waals surface area contributed by atoms with Gasteiger partial charge in [-0.2, -0.15) is 39.5 Å². The first-order chi connectivity index (χ1) is 6.81. The summed E-state index contributed by atoms with van der Waals surface area (Å²) >= 11 is 0. The number of allylic oxidation sites excluding steroid dienone is 1. The molecule has 0 aliphatic rings. The van der Waals surface area contributed by atoms with Crippen molar-refractivity contribution in [2.45, 2.75) is 18.5 Å². The van der Waals surface area contributed by atoms with E-state index in [1.54, 1.807) is 0 Å². The fraction of sp³-hybridized carbons (Fsp3) is 0.667. The van der Waals surface area contributed by atoms with E-state index in [2.05, 4.69) is 0 Å². The van der Waals surface area contributed by atoms with Crippen LogP contribution < -0.4 is 0 Å². The molecule has 0 aromatic rings. The normalized spacial score (nSPS) is 15.9. The summed E-state index contributed by atoms with van der Waals surface area (Å²) in [7, 11) is 0. The molecule has 0 nitrogen and oxygen atoms in total. The molecule has 0 aromatic heterocycles. The fourth-order valence-corrected chi connectivity index (χ4v) is 0.860. The predicted octanol–water partition coefficient (Wildman–Crippen LogP) is 4.14. The zero-order chi connectivity index (χ0) is 13.4. The van der Waals surface area contributed by atoms with E-state index in [-0.39, 0.29) is 0 Å². The molecule has 96 valence electrons. The van der Waals surface area contributed by atoms with Gasteiger partial charge in [0.05, 0.1) is 6.33 Å². The van der Waals surface area contributed by atoms with Gasteiger partial charge in [-0.3, -0.25) is 0 Å². The van der Waals surface area contributed by atoms with Gasteiger partial charge in [0.2, 0.25) is 0 Å². The first-order valence-corrected chi connectivity index (χ1v) is 3.29. The van der Waals surface area contributed by atoms with E-state index in [1.807, 2.05) is 0 Å². The van der Waals surface area contributed by atoms with E-state index in [0.29, 0.717) is 0 Å². The highest BCUT2D eigenvalue weighted by molar-refractivity contribution is 5.11. The van der Waals surface area contributed by atoms with Gasteiger partial charge in [0.1, 0.15) is 0 Å². The van der Waals surface area contributed by atoms with Crippen molar-refractivity contribution < 1.29 is 43.9 Å². The van der Waals surface area contributed by atoms with E-state index >= 15 is 0 Å². The Kier molecular flexibility index (Phi) is 3.58. The average molecular weight is 264 g/mol. The van der Waals surface area contributed by atoms with Crippen molar-refractivity contribution in [3.05, 3.63) is 12.4 Å². The lowest BCUT2D eigenvalue weighted by Crippen LogP contribution is -2.58. The maximum atomic E-state index is 11.9. The summed E-state index contributed by atoms with van der Waals surface area (Å²) in [6.45, 7) is 0. The van der Waals surface area contributed by atoms with Gasteiger partial charge < -0.3 is 0 Å². The summed E-state index contributed by atoms with van der Waals surface area (Å²) in [6.07, 6.45) is -23.3. The smallest absolute Gasteiger partial charge is 0.216 e. The molecule has 0 aliphatic heterocycles. The summed E-state index contributed by atoms with van der Waals surface area (Å²) in [4.78, 5) is 0. The van der Waals surface area contributed by atoms with Crippen LogP contribution in [0.1, 0.15) is 0 Å². The standard InChI is InChI=1S/C6H2F10/c7-2-1-3(4(8,9)10,5(11,12)13)6(14,15)16/h1-2H/b2-1+. The SMILES string of the molecule is F/C=C/C(C(F)(F)F)(C(F)(F)F)C(F)(F)F. The summed E-state index contributed by atoms with van der Waals surface area (Å²) in [5.74, 6) is 0. The number of hydrogen-bond acceptors (Lipinski definition) is 0. The second-order valence-electron chi connectivity index (χ2n) is 2.59. The van der Waals surface area contributed by atoms with Crippen LogP contribution in [0.5, 0.6) is 0 Å². The summed E-state index contributed by atoms with van der Waals surface area (Å²) in [5, 5.41) is 0. The molecule has 0 unspecified atom stereocenters. The Balaban J connectivity index is 6.04. The van der Waals surface area contributed by atoms with Crippen LogP contribution in [-0.4, -0.2) is 18.5 Å². The third kappa shape index (κ3) is 2.09. The average Bonchev–Trinajstić information content (AvgIpc) is 1.91. The van der Waals surface area contributed by atoms with Gasteiger partial charge in [-0.15, -0.1) is 0 Å². The third-order valence-electron chi connectivity index (χ3n) is 1.65. The first kappa shape index (κ1) is 15.0. The Morgan fingerprint density at radius 2 is 0.812 bits per heavy atom. The highest BCUT2D eigenvalue weighted by atomic mass is 19.4. The van der Waals surface area contributed by atoms with Crippen molar-refractivity contribution in [2.75, 3.05) is 0 Å². The van der Waals surface area contributed by atoms with Gasteiger partial charge in [-0.05, 0) is 6.08 Å². The van der Waals surface area contributed by atoms with Crippen molar-refractivity contribution >= 4 is 0 Å². The molecule has 0 radical (unpaired) electrons. The molecule has 0 aromatic carbocycles. The predicted molar refractivity (Wildman–Crippen MR) is 30.8 cm³/mol. The van der Waals surface area contributed by atoms with Crippen LogP contribution in [0.4, 0.5) is 43.9 Å². The van der Waals surface area contributed by atoms with Crippen molar-refractivity contribution in [1.29, 1.82) is 0 Å². The van der Waals surface area contributed by atoms with Crippen LogP contribution in [0.3, 0.4) is 0 Å². The van der Waals surface area contributed by atoms with Crippen molar-refractivity contribution in [1.82, 2.24) is 0 Å². The summed E-state index contributed by atoms with van der Waals surface area (Å²) in [5.41, 5.74) is -6.19. The minimum absolute atomic E-state index is 1.44. The van der Waals surface area contributed by atoms with E-state index in [9.17, 15) is 43.9 Å². The van der Waals surface area contributed by atoms with Crippen LogP contribution in [-0.2, 0) is 0 Å². The van der Waals surface area contributed by atoms with Crippen LogP contribution in [0.2, 0.25) is 0 Å². The fourth-order valence-electron chi connectivity index (χ4n) is 0.860. The molecule has 0 aliphatic carbocycles. The van der Waals surface area contributed by atoms with Crippen LogP contribution in [0.15, 0.2) is 12.4 Å². The minimum atomic E-state index is -6.74. The monoisotopic (exact) mass is 264 g/mol. The van der Waals surface area contributed by atoms with E-state index in [1.165, 1.54) is 0 Å². The molecule has 0 fully saturated rings. The lowest BCUT2D eigenvalue weighted by Gasteiger charge is -2.35. The second kappa shape index (κ2) is 3.81. The number of hydrogen-bond donors (Lipinski definition) is 0. The van der Waals surface area contributed by atoms with Gasteiger partial charge in [-0.1, -0.05) is 0 Å². The maximum absolute atomic E-state index is 11.9. The molecule has 10 heteroatoms. The third-order valence-corrected chi connectivity index (χ3v) is 1.65. The molecular formula is C6H2F10. The number of halogens is 10. The molecule has 0 amide bonds. The molecule has 0 spiro atoms. The molecule has 0 saturated heterocycles. The Morgan fingerprint density at radius 1 is 0.562 bits per heavy atom. The Morgan fingerprint density at radius 3 is 0.875 bits per heavy atom. The minimum Gasteiger partial charge on any atom is -0.216 e. The van der Waals surface area contributed by atoms with Crippen molar-refractivity contribution in [3.63, 3.8) is 0 Å². The molecule has 0 atom stereocenters. The molecular weight excluding hydrogens is 262 g/mol. The van der Waals surface area contributed by atoms with Crippen molar-refractivity contribution in [3.8, 4) is 0 Å². The zero-order valence-electron chi connectivity index (χ0n) is 6.93. The first-order valence-electron chi connectivity index (χ1n) is 3.29. The van der Waals surface area contributed by atoms with Gasteiger partial charge >= 0.3 is 18.5 Å². The highest BCUT2D eigenvalue weighted by Crippen LogP contribution is 2.60. The Hall–Kier alpha value is -0.960. The molecule has 0 heterocycles. The van der Waals surface area contributed by atoms with Gasteiger partial charge in [0, 0.05) is 0 Å². The van der Waals surface area contributed by atoms with Crippen LogP contribution >= 0.6 is 0 Å². The number of rotatable bonds is 1. The van der Waals surface area contributed by atoms with E-state index in [4.69, 9.17) is 0 Å². The lowest BCUT2D eigenvalue weighted by atomic mass is 9.85. The van der Waals surface area contributed by atoms with E-state index in [0.717, 1.165) is 0 Å². The zero-order valence-corrected chi connectivity index (χ0v) is 6.93. The topological polar surface area (TPSA) is 0 Å². The molecule has 0 rings (SSSR count). The van der Waals surface area contributed by atoms with Crippen LogP contribution in [0, 0.1) is 5.41 Å². The molecule has 16 heavy (non-hydrogen) atoms. The van der Waals surface area contributed by atoms with Gasteiger partial charge in [0.25, 0.3) is 5.41 Å². The van der Waals surface area contributed by atoms with Crippen LogP contribution in [0.25, 0.3) is 0 Å². The molecule has 0 bridgehead atoms.